The summed E-state index contributed by atoms with van der Waals surface area (Å²) < 4.78 is 0.897. The van der Waals surface area contributed by atoms with E-state index in [9.17, 15) is 0 Å². The zero-order valence-electron chi connectivity index (χ0n) is 7.93. The highest BCUT2D eigenvalue weighted by molar-refractivity contribution is 7.16. The molecular formula is C10H14ClNS. The van der Waals surface area contributed by atoms with Gasteiger partial charge >= 0.3 is 0 Å². The molecular weight excluding hydrogens is 202 g/mol. The van der Waals surface area contributed by atoms with E-state index in [4.69, 9.17) is 17.3 Å². The molecule has 13 heavy (non-hydrogen) atoms. The Kier molecular flexibility index (Phi) is 2.39. The molecule has 1 saturated carbocycles. The quantitative estimate of drug-likeness (QED) is 0.805. The monoisotopic (exact) mass is 215 g/mol. The lowest BCUT2D eigenvalue weighted by Gasteiger charge is -2.01. The van der Waals surface area contributed by atoms with E-state index in [1.807, 2.05) is 0 Å². The zero-order valence-corrected chi connectivity index (χ0v) is 9.50. The zero-order chi connectivity index (χ0) is 9.59. The van der Waals surface area contributed by atoms with Gasteiger partial charge in [0.25, 0.3) is 0 Å². The molecule has 2 rings (SSSR count). The van der Waals surface area contributed by atoms with Crippen molar-refractivity contribution in [2.24, 2.45) is 11.7 Å². The maximum absolute atomic E-state index is 6.11. The van der Waals surface area contributed by atoms with Crippen LogP contribution in [0.1, 0.15) is 35.3 Å². The lowest BCUT2D eigenvalue weighted by Crippen LogP contribution is -1.99. The summed E-state index contributed by atoms with van der Waals surface area (Å²) in [6.07, 6.45) is 1.31. The molecule has 1 aromatic rings. The minimum atomic E-state index is 0.585. The standard InChI is InChI=1S/C10H14ClNS/c1-5-3-7(5)9-6(2)13-10(11)8(9)4-12/h5,7H,3-4,12H2,1-2H3. The topological polar surface area (TPSA) is 26.0 Å². The number of nitrogens with two attached hydrogens (primary N) is 1. The predicted octanol–water partition coefficient (Wildman–Crippen LogP) is 3.29. The summed E-state index contributed by atoms with van der Waals surface area (Å²) in [7, 11) is 0. The molecule has 1 aliphatic carbocycles. The van der Waals surface area contributed by atoms with Crippen molar-refractivity contribution in [2.75, 3.05) is 0 Å². The third kappa shape index (κ3) is 1.51. The van der Waals surface area contributed by atoms with E-state index < -0.39 is 0 Å². The second-order valence-corrected chi connectivity index (χ2v) is 5.67. The maximum atomic E-state index is 6.11. The summed E-state index contributed by atoms with van der Waals surface area (Å²) >= 11 is 7.78. The molecule has 0 radical (unpaired) electrons. The number of hydrogen-bond donors (Lipinski definition) is 1. The maximum Gasteiger partial charge on any atom is 0.0978 e. The summed E-state index contributed by atoms with van der Waals surface area (Å²) in [5, 5.41) is 0. The molecule has 0 amide bonds. The summed E-state index contributed by atoms with van der Waals surface area (Å²) in [6, 6.07) is 0. The molecule has 1 fully saturated rings. The molecule has 2 N–H and O–H groups in total. The van der Waals surface area contributed by atoms with Gasteiger partial charge in [0.2, 0.25) is 0 Å². The molecule has 0 spiro atoms. The third-order valence-corrected chi connectivity index (χ3v) is 4.28. The molecule has 1 nitrogen and oxygen atoms in total. The highest BCUT2D eigenvalue weighted by atomic mass is 35.5. The Morgan fingerprint density at radius 2 is 2.23 bits per heavy atom. The summed E-state index contributed by atoms with van der Waals surface area (Å²) in [5.41, 5.74) is 8.34. The molecule has 0 bridgehead atoms. The SMILES string of the molecule is Cc1sc(Cl)c(CN)c1C1CC1C. The van der Waals surface area contributed by atoms with Gasteiger partial charge in [-0.25, -0.2) is 0 Å². The summed E-state index contributed by atoms with van der Waals surface area (Å²) in [5.74, 6) is 1.57. The van der Waals surface area contributed by atoms with Crippen molar-refractivity contribution in [3.63, 3.8) is 0 Å². The van der Waals surface area contributed by atoms with Gasteiger partial charge in [-0.15, -0.1) is 11.3 Å². The molecule has 2 atom stereocenters. The minimum absolute atomic E-state index is 0.585. The van der Waals surface area contributed by atoms with E-state index in [0.29, 0.717) is 6.54 Å². The van der Waals surface area contributed by atoms with Crippen LogP contribution >= 0.6 is 22.9 Å². The van der Waals surface area contributed by atoms with Crippen molar-refractivity contribution in [1.29, 1.82) is 0 Å². The van der Waals surface area contributed by atoms with Crippen LogP contribution in [-0.4, -0.2) is 0 Å². The first kappa shape index (κ1) is 9.50. The van der Waals surface area contributed by atoms with E-state index >= 15 is 0 Å². The number of hydrogen-bond acceptors (Lipinski definition) is 2. The van der Waals surface area contributed by atoms with Crippen LogP contribution in [0, 0.1) is 12.8 Å². The van der Waals surface area contributed by atoms with Gasteiger partial charge in [0, 0.05) is 11.4 Å². The Bertz CT molecular complexity index is 332. The lowest BCUT2D eigenvalue weighted by atomic mass is 10.1. The Morgan fingerprint density at radius 3 is 2.69 bits per heavy atom. The smallest absolute Gasteiger partial charge is 0.0978 e. The Morgan fingerprint density at radius 1 is 1.62 bits per heavy atom. The van der Waals surface area contributed by atoms with E-state index in [0.717, 1.165) is 16.2 Å². The van der Waals surface area contributed by atoms with Crippen LogP contribution in [-0.2, 0) is 6.54 Å². The Hall–Kier alpha value is -0.0500. The lowest BCUT2D eigenvalue weighted by molar-refractivity contribution is 0.894. The second-order valence-electron chi connectivity index (χ2n) is 3.85. The fourth-order valence-corrected chi connectivity index (χ4v) is 3.46. The predicted molar refractivity (Wildman–Crippen MR) is 58.5 cm³/mol. The first-order valence-corrected chi connectivity index (χ1v) is 5.82. The Balaban J connectivity index is 2.42. The van der Waals surface area contributed by atoms with Gasteiger partial charge in [-0.05, 0) is 36.3 Å². The van der Waals surface area contributed by atoms with Gasteiger partial charge in [0.05, 0.1) is 4.34 Å². The highest BCUT2D eigenvalue weighted by Gasteiger charge is 2.37. The molecule has 2 unspecified atom stereocenters. The summed E-state index contributed by atoms with van der Waals surface area (Å²) in [6.45, 7) is 5.02. The average molecular weight is 216 g/mol. The van der Waals surface area contributed by atoms with Crippen molar-refractivity contribution >= 4 is 22.9 Å². The number of aryl methyl sites for hydroxylation is 1. The van der Waals surface area contributed by atoms with Crippen molar-refractivity contribution in [1.82, 2.24) is 0 Å². The van der Waals surface area contributed by atoms with Gasteiger partial charge in [0.15, 0.2) is 0 Å². The van der Waals surface area contributed by atoms with Crippen LogP contribution in [0.15, 0.2) is 0 Å². The molecule has 72 valence electrons. The largest absolute Gasteiger partial charge is 0.326 e. The van der Waals surface area contributed by atoms with Crippen molar-refractivity contribution in [3.8, 4) is 0 Å². The molecule has 0 aliphatic heterocycles. The number of rotatable bonds is 2. The number of halogens is 1. The highest BCUT2D eigenvalue weighted by Crippen LogP contribution is 2.52. The van der Waals surface area contributed by atoms with Crippen molar-refractivity contribution < 1.29 is 0 Å². The second kappa shape index (κ2) is 3.26. The Labute approximate surface area is 87.9 Å². The minimum Gasteiger partial charge on any atom is -0.326 e. The molecule has 1 heterocycles. The van der Waals surface area contributed by atoms with Gasteiger partial charge in [-0.2, -0.15) is 0 Å². The van der Waals surface area contributed by atoms with Crippen LogP contribution in [0.5, 0.6) is 0 Å². The molecule has 0 aromatic carbocycles. The van der Waals surface area contributed by atoms with Crippen LogP contribution in [0.25, 0.3) is 0 Å². The molecule has 0 saturated heterocycles. The van der Waals surface area contributed by atoms with Crippen LogP contribution in [0.3, 0.4) is 0 Å². The van der Waals surface area contributed by atoms with E-state index in [1.165, 1.54) is 22.4 Å². The average Bonchev–Trinajstić information content (AvgIpc) is 2.69. The molecule has 1 aliphatic rings. The molecule has 3 heteroatoms. The van der Waals surface area contributed by atoms with E-state index in [1.54, 1.807) is 11.3 Å². The van der Waals surface area contributed by atoms with Crippen LogP contribution in [0.4, 0.5) is 0 Å². The van der Waals surface area contributed by atoms with Gasteiger partial charge in [-0.3, -0.25) is 0 Å². The van der Waals surface area contributed by atoms with Crippen molar-refractivity contribution in [3.05, 3.63) is 20.3 Å². The van der Waals surface area contributed by atoms with Crippen LogP contribution < -0.4 is 5.73 Å². The fraction of sp³-hybridized carbons (Fsp3) is 0.600. The van der Waals surface area contributed by atoms with Crippen molar-refractivity contribution in [2.45, 2.75) is 32.7 Å². The third-order valence-electron chi connectivity index (χ3n) is 2.87. The van der Waals surface area contributed by atoms with Gasteiger partial charge in [0.1, 0.15) is 0 Å². The molecule has 1 aromatic heterocycles. The fourth-order valence-electron chi connectivity index (χ4n) is 1.97. The summed E-state index contributed by atoms with van der Waals surface area (Å²) in [4.78, 5) is 1.36. The normalized spacial score (nSPS) is 26.5. The van der Waals surface area contributed by atoms with Gasteiger partial charge in [-0.1, -0.05) is 18.5 Å². The number of thiophene rings is 1. The first-order valence-electron chi connectivity index (χ1n) is 4.62. The van der Waals surface area contributed by atoms with Gasteiger partial charge < -0.3 is 5.73 Å². The van der Waals surface area contributed by atoms with E-state index in [2.05, 4.69) is 13.8 Å². The first-order chi connectivity index (χ1) is 6.15. The van der Waals surface area contributed by atoms with Crippen LogP contribution in [0.2, 0.25) is 4.34 Å². The van der Waals surface area contributed by atoms with E-state index in [-0.39, 0.29) is 0 Å².